The summed E-state index contributed by atoms with van der Waals surface area (Å²) in [5.41, 5.74) is 6.28. The molecule has 0 radical (unpaired) electrons. The lowest BCUT2D eigenvalue weighted by Crippen LogP contribution is -2.46. The van der Waals surface area contributed by atoms with Crippen molar-refractivity contribution < 1.29 is 9.90 Å². The summed E-state index contributed by atoms with van der Waals surface area (Å²) in [4.78, 5) is 17.4. The number of halogens is 1. The Morgan fingerprint density at radius 2 is 2.17 bits per heavy atom. The normalized spacial score (nSPS) is 17.8. The van der Waals surface area contributed by atoms with E-state index in [2.05, 4.69) is 4.98 Å². The molecule has 0 spiro atoms. The van der Waals surface area contributed by atoms with Gasteiger partial charge in [0, 0.05) is 19.3 Å². The van der Waals surface area contributed by atoms with E-state index in [0.717, 1.165) is 0 Å². The number of rotatable bonds is 3. The maximum Gasteiger partial charge on any atom is 0.243 e. The molecular formula is C12H14ClN3O2. The largest absolute Gasteiger partial charge is 0.386 e. The van der Waals surface area contributed by atoms with E-state index >= 15 is 0 Å². The quantitative estimate of drug-likeness (QED) is 0.617. The number of carbonyl (C=O) groups is 1. The van der Waals surface area contributed by atoms with Gasteiger partial charge in [-0.2, -0.15) is 0 Å². The van der Waals surface area contributed by atoms with Crippen LogP contribution in [0.15, 0.2) is 30.5 Å². The average molecular weight is 268 g/mol. The van der Waals surface area contributed by atoms with Gasteiger partial charge in [0.05, 0.1) is 0 Å². The summed E-state index contributed by atoms with van der Waals surface area (Å²) in [6.45, 7) is 1.08. The Labute approximate surface area is 110 Å². The molecule has 0 aromatic carbocycles. The maximum absolute atomic E-state index is 12.0. The summed E-state index contributed by atoms with van der Waals surface area (Å²) in [6.07, 6.45) is 4.16. The fourth-order valence-electron chi connectivity index (χ4n) is 1.81. The van der Waals surface area contributed by atoms with E-state index in [4.69, 9.17) is 17.3 Å². The molecule has 0 aliphatic carbocycles. The molecule has 5 nitrogen and oxygen atoms in total. The van der Waals surface area contributed by atoms with Crippen molar-refractivity contribution in [2.45, 2.75) is 12.1 Å². The van der Waals surface area contributed by atoms with Crippen molar-refractivity contribution in [3.63, 3.8) is 0 Å². The molecule has 0 saturated carbocycles. The molecule has 18 heavy (non-hydrogen) atoms. The van der Waals surface area contributed by atoms with Gasteiger partial charge in [0.25, 0.3) is 0 Å². The van der Waals surface area contributed by atoms with Crippen molar-refractivity contribution in [2.75, 3.05) is 13.1 Å². The second-order valence-electron chi connectivity index (χ2n) is 4.10. The van der Waals surface area contributed by atoms with Gasteiger partial charge in [-0.05, 0) is 17.7 Å². The van der Waals surface area contributed by atoms with Crippen molar-refractivity contribution in [3.8, 4) is 0 Å². The van der Waals surface area contributed by atoms with Gasteiger partial charge in [-0.3, -0.25) is 4.79 Å². The highest BCUT2D eigenvalue weighted by Crippen LogP contribution is 2.19. The third-order valence-corrected chi connectivity index (χ3v) is 3.05. The SMILES string of the molecule is NC(C(=O)N1CC=CC1)C(O)c1ccnc(Cl)c1. The first kappa shape index (κ1) is 13.0. The van der Waals surface area contributed by atoms with E-state index in [-0.39, 0.29) is 11.1 Å². The van der Waals surface area contributed by atoms with Crippen LogP contribution in [0.4, 0.5) is 0 Å². The minimum absolute atomic E-state index is 0.258. The standard InChI is InChI=1S/C12H14ClN3O2/c13-9-7-8(3-4-15-9)11(17)10(14)12(18)16-5-1-2-6-16/h1-4,7,10-11,17H,5-6,14H2. The van der Waals surface area contributed by atoms with Crippen LogP contribution < -0.4 is 5.73 Å². The average Bonchev–Trinajstić information content (AvgIpc) is 2.90. The number of hydrogen-bond acceptors (Lipinski definition) is 4. The van der Waals surface area contributed by atoms with Gasteiger partial charge in [0.2, 0.25) is 5.91 Å². The monoisotopic (exact) mass is 267 g/mol. The predicted molar refractivity (Wildman–Crippen MR) is 67.9 cm³/mol. The molecule has 1 aliphatic rings. The van der Waals surface area contributed by atoms with Gasteiger partial charge in [-0.25, -0.2) is 4.98 Å². The van der Waals surface area contributed by atoms with Gasteiger partial charge < -0.3 is 15.7 Å². The number of aliphatic hydroxyl groups excluding tert-OH is 1. The van der Waals surface area contributed by atoms with E-state index in [1.54, 1.807) is 11.0 Å². The molecule has 2 heterocycles. The Morgan fingerprint density at radius 3 is 2.78 bits per heavy atom. The van der Waals surface area contributed by atoms with E-state index in [9.17, 15) is 9.90 Å². The molecule has 3 N–H and O–H groups in total. The van der Waals surface area contributed by atoms with Gasteiger partial charge in [-0.15, -0.1) is 0 Å². The molecule has 96 valence electrons. The summed E-state index contributed by atoms with van der Waals surface area (Å²) < 4.78 is 0. The number of pyridine rings is 1. The Kier molecular flexibility index (Phi) is 3.96. The maximum atomic E-state index is 12.0. The fraction of sp³-hybridized carbons (Fsp3) is 0.333. The van der Waals surface area contributed by atoms with Crippen molar-refractivity contribution in [2.24, 2.45) is 5.73 Å². The zero-order chi connectivity index (χ0) is 13.1. The van der Waals surface area contributed by atoms with Crippen molar-refractivity contribution in [3.05, 3.63) is 41.2 Å². The van der Waals surface area contributed by atoms with Crippen LogP contribution in [-0.2, 0) is 4.79 Å². The van der Waals surface area contributed by atoms with Crippen LogP contribution in [0.25, 0.3) is 0 Å². The number of amides is 1. The van der Waals surface area contributed by atoms with E-state index in [1.807, 2.05) is 12.2 Å². The van der Waals surface area contributed by atoms with E-state index < -0.39 is 12.1 Å². The molecule has 2 atom stereocenters. The van der Waals surface area contributed by atoms with Crippen LogP contribution >= 0.6 is 11.6 Å². The summed E-state index contributed by atoms with van der Waals surface area (Å²) in [5.74, 6) is -0.277. The molecule has 0 bridgehead atoms. The topological polar surface area (TPSA) is 79.5 Å². The molecule has 0 saturated heterocycles. The highest BCUT2D eigenvalue weighted by molar-refractivity contribution is 6.29. The fourth-order valence-corrected chi connectivity index (χ4v) is 1.99. The lowest BCUT2D eigenvalue weighted by atomic mass is 10.0. The minimum atomic E-state index is -1.08. The lowest BCUT2D eigenvalue weighted by Gasteiger charge is -2.24. The van der Waals surface area contributed by atoms with E-state index in [0.29, 0.717) is 18.7 Å². The van der Waals surface area contributed by atoms with Gasteiger partial charge in [-0.1, -0.05) is 23.8 Å². The van der Waals surface area contributed by atoms with Crippen LogP contribution in [0, 0.1) is 0 Å². The van der Waals surface area contributed by atoms with Crippen LogP contribution in [0.5, 0.6) is 0 Å². The number of nitrogens with zero attached hydrogens (tertiary/aromatic N) is 2. The number of carbonyl (C=O) groups excluding carboxylic acids is 1. The Balaban J connectivity index is 2.08. The third kappa shape index (κ3) is 2.69. The van der Waals surface area contributed by atoms with Gasteiger partial charge in [0.1, 0.15) is 17.3 Å². The Bertz CT molecular complexity index is 470. The smallest absolute Gasteiger partial charge is 0.243 e. The second-order valence-corrected chi connectivity index (χ2v) is 4.48. The zero-order valence-electron chi connectivity index (χ0n) is 9.66. The van der Waals surface area contributed by atoms with Gasteiger partial charge in [0.15, 0.2) is 0 Å². The first-order valence-corrected chi connectivity index (χ1v) is 5.96. The summed E-state index contributed by atoms with van der Waals surface area (Å²) >= 11 is 5.73. The lowest BCUT2D eigenvalue weighted by molar-refractivity contribution is -0.133. The minimum Gasteiger partial charge on any atom is -0.386 e. The first-order valence-electron chi connectivity index (χ1n) is 5.58. The van der Waals surface area contributed by atoms with Crippen LogP contribution in [-0.4, -0.2) is 40.0 Å². The molecule has 2 unspecified atom stereocenters. The number of nitrogens with two attached hydrogens (primary N) is 1. The molecule has 2 rings (SSSR count). The van der Waals surface area contributed by atoms with Crippen LogP contribution in [0.2, 0.25) is 5.15 Å². The van der Waals surface area contributed by atoms with Crippen molar-refractivity contribution in [1.29, 1.82) is 0 Å². The summed E-state index contributed by atoms with van der Waals surface area (Å²) in [5, 5.41) is 10.3. The predicted octanol–water partition coefficient (Wildman–Crippen LogP) is 0.494. The zero-order valence-corrected chi connectivity index (χ0v) is 10.4. The molecule has 1 amide bonds. The molecule has 1 aromatic heterocycles. The highest BCUT2D eigenvalue weighted by atomic mass is 35.5. The second kappa shape index (κ2) is 5.48. The Morgan fingerprint density at radius 1 is 1.50 bits per heavy atom. The molecule has 6 heteroatoms. The molecule has 1 aromatic rings. The number of aromatic nitrogens is 1. The van der Waals surface area contributed by atoms with Crippen molar-refractivity contribution in [1.82, 2.24) is 9.88 Å². The number of hydrogen-bond donors (Lipinski definition) is 2. The van der Waals surface area contributed by atoms with Crippen LogP contribution in [0.3, 0.4) is 0 Å². The third-order valence-electron chi connectivity index (χ3n) is 2.85. The van der Waals surface area contributed by atoms with E-state index in [1.165, 1.54) is 12.3 Å². The van der Waals surface area contributed by atoms with Crippen molar-refractivity contribution >= 4 is 17.5 Å². The summed E-state index contributed by atoms with van der Waals surface area (Å²) in [6, 6.07) is 2.09. The van der Waals surface area contributed by atoms with Gasteiger partial charge >= 0.3 is 0 Å². The first-order chi connectivity index (χ1) is 8.59. The molecular weight excluding hydrogens is 254 g/mol. The summed E-state index contributed by atoms with van der Waals surface area (Å²) in [7, 11) is 0. The van der Waals surface area contributed by atoms with Crippen LogP contribution in [0.1, 0.15) is 11.7 Å². The highest BCUT2D eigenvalue weighted by Gasteiger charge is 2.28. The number of aliphatic hydroxyl groups is 1. The molecule has 0 fully saturated rings. The molecule has 1 aliphatic heterocycles. The Hall–Kier alpha value is -1.43.